The number of ether oxygens (including phenoxy) is 1. The number of fused-ring (bicyclic) bond motifs is 1. The molecule has 0 amide bonds. The number of carbonyl (C=O) groups is 1. The summed E-state index contributed by atoms with van der Waals surface area (Å²) < 4.78 is 5.47. The van der Waals surface area contributed by atoms with Gasteiger partial charge in [-0.25, -0.2) is 0 Å². The first-order valence-corrected chi connectivity index (χ1v) is 5.17. The van der Waals surface area contributed by atoms with Crippen LogP contribution in [0.2, 0.25) is 0 Å². The van der Waals surface area contributed by atoms with E-state index in [4.69, 9.17) is 16.3 Å². The molecule has 1 aromatic carbocycles. The SMILES string of the molecule is C=C(Cl)COc1cccc2c1CCC2=O. The van der Waals surface area contributed by atoms with Crippen LogP contribution >= 0.6 is 11.6 Å². The molecular formula is C12H11ClO2. The Labute approximate surface area is 93.5 Å². The first-order chi connectivity index (χ1) is 7.18. The van der Waals surface area contributed by atoms with Crippen molar-refractivity contribution in [2.75, 3.05) is 6.61 Å². The van der Waals surface area contributed by atoms with Crippen LogP contribution < -0.4 is 4.74 Å². The molecule has 0 heterocycles. The largest absolute Gasteiger partial charge is 0.488 e. The van der Waals surface area contributed by atoms with Crippen LogP contribution in [0.25, 0.3) is 0 Å². The summed E-state index contributed by atoms with van der Waals surface area (Å²) in [5.41, 5.74) is 1.79. The van der Waals surface area contributed by atoms with E-state index >= 15 is 0 Å². The maximum Gasteiger partial charge on any atom is 0.163 e. The van der Waals surface area contributed by atoms with Gasteiger partial charge < -0.3 is 4.74 Å². The molecule has 0 aliphatic heterocycles. The van der Waals surface area contributed by atoms with Crippen molar-refractivity contribution < 1.29 is 9.53 Å². The molecule has 1 aliphatic rings. The molecule has 0 saturated carbocycles. The predicted molar refractivity (Wildman–Crippen MR) is 59.6 cm³/mol. The number of Topliss-reactive ketones (excluding diaryl/α,β-unsaturated/α-hetero) is 1. The van der Waals surface area contributed by atoms with Gasteiger partial charge in [-0.2, -0.15) is 0 Å². The number of carbonyl (C=O) groups excluding carboxylic acids is 1. The molecule has 1 aliphatic carbocycles. The predicted octanol–water partition coefficient (Wildman–Crippen LogP) is 2.95. The van der Waals surface area contributed by atoms with Crippen LogP contribution in [0.15, 0.2) is 29.8 Å². The van der Waals surface area contributed by atoms with Crippen molar-refractivity contribution in [3.05, 3.63) is 40.9 Å². The van der Waals surface area contributed by atoms with E-state index in [1.165, 1.54) is 0 Å². The van der Waals surface area contributed by atoms with Gasteiger partial charge in [0.1, 0.15) is 12.4 Å². The number of hydrogen-bond donors (Lipinski definition) is 0. The fourth-order valence-corrected chi connectivity index (χ4v) is 1.80. The van der Waals surface area contributed by atoms with Crippen LogP contribution in [0, 0.1) is 0 Å². The minimum atomic E-state index is 0.195. The lowest BCUT2D eigenvalue weighted by atomic mass is 10.1. The van der Waals surface area contributed by atoms with Crippen molar-refractivity contribution in [3.8, 4) is 5.75 Å². The Bertz CT molecular complexity index is 424. The molecule has 0 spiro atoms. The second-order valence-electron chi connectivity index (χ2n) is 3.51. The smallest absolute Gasteiger partial charge is 0.163 e. The van der Waals surface area contributed by atoms with Gasteiger partial charge >= 0.3 is 0 Å². The zero-order chi connectivity index (χ0) is 10.8. The highest BCUT2D eigenvalue weighted by molar-refractivity contribution is 6.29. The Morgan fingerprint density at radius 1 is 1.47 bits per heavy atom. The van der Waals surface area contributed by atoms with E-state index in [-0.39, 0.29) is 12.4 Å². The lowest BCUT2D eigenvalue weighted by molar-refractivity contribution is 0.0994. The maximum atomic E-state index is 11.5. The number of hydrogen-bond acceptors (Lipinski definition) is 2. The van der Waals surface area contributed by atoms with Crippen LogP contribution in [0.1, 0.15) is 22.3 Å². The summed E-state index contributed by atoms with van der Waals surface area (Å²) in [5, 5.41) is 0.455. The lowest BCUT2D eigenvalue weighted by Gasteiger charge is -2.08. The van der Waals surface area contributed by atoms with Gasteiger partial charge in [0, 0.05) is 22.6 Å². The first-order valence-electron chi connectivity index (χ1n) is 4.79. The zero-order valence-corrected chi connectivity index (χ0v) is 9.01. The van der Waals surface area contributed by atoms with E-state index in [9.17, 15) is 4.79 Å². The topological polar surface area (TPSA) is 26.3 Å². The van der Waals surface area contributed by atoms with E-state index in [1.54, 1.807) is 0 Å². The summed E-state index contributed by atoms with van der Waals surface area (Å²) >= 11 is 5.62. The van der Waals surface area contributed by atoms with E-state index in [1.807, 2.05) is 18.2 Å². The van der Waals surface area contributed by atoms with Gasteiger partial charge in [-0.3, -0.25) is 4.79 Å². The minimum Gasteiger partial charge on any atom is -0.488 e. The van der Waals surface area contributed by atoms with Gasteiger partial charge in [0.15, 0.2) is 5.78 Å². The first kappa shape index (κ1) is 10.2. The Morgan fingerprint density at radius 3 is 3.00 bits per heavy atom. The Balaban J connectivity index is 2.26. The summed E-state index contributed by atoms with van der Waals surface area (Å²) in [6, 6.07) is 5.53. The van der Waals surface area contributed by atoms with Crippen LogP contribution in [0.5, 0.6) is 5.75 Å². The second-order valence-corrected chi connectivity index (χ2v) is 4.05. The third kappa shape index (κ3) is 2.05. The molecule has 78 valence electrons. The fourth-order valence-electron chi connectivity index (χ4n) is 1.75. The standard InChI is InChI=1S/C12H11ClO2/c1-8(13)7-15-12-4-2-3-9-10(12)5-6-11(9)14/h2-4H,1,5-7H2. The number of benzene rings is 1. The Hall–Kier alpha value is -1.28. The molecular weight excluding hydrogens is 212 g/mol. The van der Waals surface area contributed by atoms with E-state index in [0.717, 1.165) is 23.3 Å². The monoisotopic (exact) mass is 222 g/mol. The highest BCUT2D eigenvalue weighted by Gasteiger charge is 2.22. The molecule has 3 heteroatoms. The number of rotatable bonds is 3. The van der Waals surface area contributed by atoms with Crippen molar-refractivity contribution >= 4 is 17.4 Å². The summed E-state index contributed by atoms with van der Waals surface area (Å²) in [7, 11) is 0. The van der Waals surface area contributed by atoms with E-state index in [2.05, 4.69) is 6.58 Å². The molecule has 0 atom stereocenters. The van der Waals surface area contributed by atoms with Gasteiger partial charge in [-0.05, 0) is 12.5 Å². The van der Waals surface area contributed by atoms with Crippen molar-refractivity contribution in [2.45, 2.75) is 12.8 Å². The zero-order valence-electron chi connectivity index (χ0n) is 8.25. The highest BCUT2D eigenvalue weighted by Crippen LogP contribution is 2.30. The van der Waals surface area contributed by atoms with Crippen molar-refractivity contribution in [1.82, 2.24) is 0 Å². The van der Waals surface area contributed by atoms with Crippen LogP contribution in [0.3, 0.4) is 0 Å². The molecule has 15 heavy (non-hydrogen) atoms. The molecule has 0 N–H and O–H groups in total. The number of ketones is 1. The van der Waals surface area contributed by atoms with E-state index < -0.39 is 0 Å². The third-order valence-corrected chi connectivity index (χ3v) is 2.53. The van der Waals surface area contributed by atoms with Gasteiger partial charge in [-0.1, -0.05) is 30.3 Å². The van der Waals surface area contributed by atoms with Gasteiger partial charge in [-0.15, -0.1) is 0 Å². The minimum absolute atomic E-state index is 0.195. The summed E-state index contributed by atoms with van der Waals surface area (Å²) in [6.07, 6.45) is 1.34. The van der Waals surface area contributed by atoms with Crippen LogP contribution in [-0.4, -0.2) is 12.4 Å². The normalized spacial score (nSPS) is 13.8. The third-order valence-electron chi connectivity index (χ3n) is 2.42. The molecule has 0 radical (unpaired) electrons. The molecule has 0 fully saturated rings. The van der Waals surface area contributed by atoms with E-state index in [0.29, 0.717) is 11.5 Å². The summed E-state index contributed by atoms with van der Waals surface area (Å²) in [4.78, 5) is 11.5. The van der Waals surface area contributed by atoms with Crippen LogP contribution in [-0.2, 0) is 6.42 Å². The molecule has 0 unspecified atom stereocenters. The van der Waals surface area contributed by atoms with Gasteiger partial charge in [0.25, 0.3) is 0 Å². The van der Waals surface area contributed by atoms with Crippen molar-refractivity contribution in [2.24, 2.45) is 0 Å². The number of halogens is 1. The summed E-state index contributed by atoms with van der Waals surface area (Å²) in [6.45, 7) is 3.84. The van der Waals surface area contributed by atoms with Crippen molar-refractivity contribution in [3.63, 3.8) is 0 Å². The molecule has 0 saturated heterocycles. The summed E-state index contributed by atoms with van der Waals surface area (Å²) in [5.74, 6) is 0.945. The molecule has 2 rings (SSSR count). The van der Waals surface area contributed by atoms with Crippen molar-refractivity contribution in [1.29, 1.82) is 0 Å². The Morgan fingerprint density at radius 2 is 2.27 bits per heavy atom. The second kappa shape index (κ2) is 4.07. The van der Waals surface area contributed by atoms with Gasteiger partial charge in [0.2, 0.25) is 0 Å². The Kier molecular flexibility index (Phi) is 2.78. The lowest BCUT2D eigenvalue weighted by Crippen LogP contribution is -2.00. The highest BCUT2D eigenvalue weighted by atomic mass is 35.5. The van der Waals surface area contributed by atoms with Gasteiger partial charge in [0.05, 0.1) is 0 Å². The average molecular weight is 223 g/mol. The van der Waals surface area contributed by atoms with Crippen LogP contribution in [0.4, 0.5) is 0 Å². The molecule has 1 aromatic rings. The quantitative estimate of drug-likeness (QED) is 0.786. The molecule has 2 nitrogen and oxygen atoms in total. The molecule has 0 aromatic heterocycles. The fraction of sp³-hybridized carbons (Fsp3) is 0.250. The molecule has 0 bridgehead atoms. The maximum absolute atomic E-state index is 11.5. The average Bonchev–Trinajstić information content (AvgIpc) is 2.58.